The van der Waals surface area contributed by atoms with Crippen molar-refractivity contribution in [2.75, 3.05) is 5.43 Å². The van der Waals surface area contributed by atoms with E-state index in [1.165, 1.54) is 0 Å². The molecule has 1 rings (SSSR count). The van der Waals surface area contributed by atoms with E-state index in [4.69, 9.17) is 10.6 Å². The Labute approximate surface area is 90.0 Å². The highest BCUT2D eigenvalue weighted by atomic mass is 16.5. The monoisotopic (exact) mass is 210 g/mol. The zero-order valence-corrected chi connectivity index (χ0v) is 9.66. The minimum atomic E-state index is -0.230. The van der Waals surface area contributed by atoms with Crippen LogP contribution in [0.3, 0.4) is 0 Å². The number of nitrogens with two attached hydrogens (primary N) is 1. The molecule has 0 aromatic carbocycles. The van der Waals surface area contributed by atoms with E-state index in [-0.39, 0.29) is 5.60 Å². The van der Waals surface area contributed by atoms with Gasteiger partial charge in [0.1, 0.15) is 5.60 Å². The molecule has 0 radical (unpaired) electrons. The molecule has 5 heteroatoms. The molecule has 1 heterocycles. The molecule has 0 aliphatic heterocycles. The molecule has 0 amide bonds. The van der Waals surface area contributed by atoms with Crippen molar-refractivity contribution in [3.05, 3.63) is 11.8 Å². The lowest BCUT2D eigenvalue weighted by Crippen LogP contribution is -2.27. The van der Waals surface area contributed by atoms with Gasteiger partial charge in [0, 0.05) is 11.8 Å². The lowest BCUT2D eigenvalue weighted by Gasteiger charge is -2.24. The van der Waals surface area contributed by atoms with Crippen molar-refractivity contribution >= 4 is 5.95 Å². The van der Waals surface area contributed by atoms with Crippen molar-refractivity contribution in [1.29, 1.82) is 0 Å². The number of aryl methyl sites for hydroxylation is 1. The minimum Gasteiger partial charge on any atom is -0.472 e. The fourth-order valence-corrected chi connectivity index (χ4v) is 1.01. The molecule has 0 saturated heterocycles. The number of hydrazine groups is 1. The Morgan fingerprint density at radius 3 is 2.67 bits per heavy atom. The van der Waals surface area contributed by atoms with Gasteiger partial charge in [-0.15, -0.1) is 0 Å². The summed E-state index contributed by atoms with van der Waals surface area (Å²) in [6.45, 7) is 7.96. The van der Waals surface area contributed by atoms with Crippen LogP contribution in [0.15, 0.2) is 6.07 Å². The molecule has 0 saturated carbocycles. The number of hydrogen-bond acceptors (Lipinski definition) is 5. The van der Waals surface area contributed by atoms with Crippen molar-refractivity contribution in [2.45, 2.75) is 39.7 Å². The summed E-state index contributed by atoms with van der Waals surface area (Å²) in [4.78, 5) is 8.20. The second-order valence-electron chi connectivity index (χ2n) is 4.03. The van der Waals surface area contributed by atoms with Crippen LogP contribution in [0.25, 0.3) is 0 Å². The summed E-state index contributed by atoms with van der Waals surface area (Å²) in [6.07, 6.45) is 0.904. The third kappa shape index (κ3) is 3.36. The molecule has 0 aliphatic rings. The van der Waals surface area contributed by atoms with Crippen LogP contribution in [-0.2, 0) is 0 Å². The highest BCUT2D eigenvalue weighted by molar-refractivity contribution is 5.29. The molecule has 0 spiro atoms. The first-order valence-corrected chi connectivity index (χ1v) is 4.98. The smallest absolute Gasteiger partial charge is 0.240 e. The van der Waals surface area contributed by atoms with E-state index in [0.717, 1.165) is 12.1 Å². The Morgan fingerprint density at radius 2 is 2.13 bits per heavy atom. The van der Waals surface area contributed by atoms with Crippen LogP contribution in [0.2, 0.25) is 0 Å². The van der Waals surface area contributed by atoms with Crippen molar-refractivity contribution < 1.29 is 4.74 Å². The molecule has 5 nitrogen and oxygen atoms in total. The van der Waals surface area contributed by atoms with Crippen LogP contribution >= 0.6 is 0 Å². The Kier molecular flexibility index (Phi) is 3.47. The molecule has 1 aromatic heterocycles. The molecule has 0 aliphatic carbocycles. The predicted molar refractivity (Wildman–Crippen MR) is 59.6 cm³/mol. The van der Waals surface area contributed by atoms with Gasteiger partial charge in [-0.2, -0.15) is 4.98 Å². The highest BCUT2D eigenvalue weighted by Crippen LogP contribution is 2.20. The Balaban J connectivity index is 2.90. The molecule has 0 atom stereocenters. The van der Waals surface area contributed by atoms with E-state index in [2.05, 4.69) is 22.3 Å². The van der Waals surface area contributed by atoms with Gasteiger partial charge in [0.2, 0.25) is 11.8 Å². The summed E-state index contributed by atoms with van der Waals surface area (Å²) in [5, 5.41) is 0. The fraction of sp³-hybridized carbons (Fsp3) is 0.600. The standard InChI is InChI=1S/C10H18N4O/c1-5-10(3,4)15-8-6-7(2)12-9(13-8)14-11/h6H,5,11H2,1-4H3,(H,12,13,14). The number of rotatable bonds is 4. The van der Waals surface area contributed by atoms with E-state index in [1.807, 2.05) is 20.8 Å². The molecule has 15 heavy (non-hydrogen) atoms. The van der Waals surface area contributed by atoms with Crippen LogP contribution in [0, 0.1) is 6.92 Å². The number of anilines is 1. The van der Waals surface area contributed by atoms with E-state index >= 15 is 0 Å². The maximum absolute atomic E-state index is 5.73. The SMILES string of the molecule is CCC(C)(C)Oc1cc(C)nc(NN)n1. The second-order valence-corrected chi connectivity index (χ2v) is 4.03. The number of nitrogen functional groups attached to an aromatic ring is 1. The van der Waals surface area contributed by atoms with Gasteiger partial charge in [-0.1, -0.05) is 6.92 Å². The fourth-order valence-electron chi connectivity index (χ4n) is 1.01. The van der Waals surface area contributed by atoms with Crippen molar-refractivity contribution in [3.63, 3.8) is 0 Å². The Hall–Kier alpha value is -1.36. The topological polar surface area (TPSA) is 73.1 Å². The zero-order valence-electron chi connectivity index (χ0n) is 9.66. The van der Waals surface area contributed by atoms with Gasteiger partial charge in [-0.3, -0.25) is 5.43 Å². The molecular weight excluding hydrogens is 192 g/mol. The van der Waals surface area contributed by atoms with Crippen LogP contribution in [0.1, 0.15) is 32.9 Å². The summed E-state index contributed by atoms with van der Waals surface area (Å²) in [5.41, 5.74) is 3.00. The van der Waals surface area contributed by atoms with Gasteiger partial charge in [0.25, 0.3) is 0 Å². The van der Waals surface area contributed by atoms with Gasteiger partial charge < -0.3 is 4.74 Å². The van der Waals surface area contributed by atoms with Gasteiger partial charge in [-0.25, -0.2) is 10.8 Å². The van der Waals surface area contributed by atoms with Crippen LogP contribution in [0.4, 0.5) is 5.95 Å². The van der Waals surface area contributed by atoms with Crippen LogP contribution in [0.5, 0.6) is 5.88 Å². The third-order valence-electron chi connectivity index (χ3n) is 2.19. The summed E-state index contributed by atoms with van der Waals surface area (Å²) in [6, 6.07) is 1.79. The average molecular weight is 210 g/mol. The van der Waals surface area contributed by atoms with Crippen molar-refractivity contribution in [3.8, 4) is 5.88 Å². The number of hydrogen-bond donors (Lipinski definition) is 2. The lowest BCUT2D eigenvalue weighted by molar-refractivity contribution is 0.0989. The molecule has 84 valence electrons. The van der Waals surface area contributed by atoms with E-state index in [0.29, 0.717) is 11.8 Å². The van der Waals surface area contributed by atoms with E-state index in [1.54, 1.807) is 6.07 Å². The second kappa shape index (κ2) is 4.44. The summed E-state index contributed by atoms with van der Waals surface area (Å²) in [7, 11) is 0. The number of nitrogens with one attached hydrogen (secondary N) is 1. The molecule has 3 N–H and O–H groups in total. The van der Waals surface area contributed by atoms with Crippen LogP contribution in [-0.4, -0.2) is 15.6 Å². The quantitative estimate of drug-likeness (QED) is 0.583. The number of nitrogens with zero attached hydrogens (tertiary/aromatic N) is 2. The third-order valence-corrected chi connectivity index (χ3v) is 2.19. The summed E-state index contributed by atoms with van der Waals surface area (Å²) in [5.74, 6) is 6.17. The summed E-state index contributed by atoms with van der Waals surface area (Å²) >= 11 is 0. The van der Waals surface area contributed by atoms with Gasteiger partial charge in [0.05, 0.1) is 0 Å². The molecular formula is C10H18N4O. The average Bonchev–Trinajstić information content (AvgIpc) is 2.16. The molecule has 0 fully saturated rings. The van der Waals surface area contributed by atoms with Crippen molar-refractivity contribution in [2.24, 2.45) is 5.84 Å². The largest absolute Gasteiger partial charge is 0.472 e. The number of ether oxygens (including phenoxy) is 1. The zero-order chi connectivity index (χ0) is 11.5. The number of aromatic nitrogens is 2. The minimum absolute atomic E-state index is 0.230. The van der Waals surface area contributed by atoms with E-state index in [9.17, 15) is 0 Å². The first-order valence-electron chi connectivity index (χ1n) is 4.98. The lowest BCUT2D eigenvalue weighted by atomic mass is 10.1. The Morgan fingerprint density at radius 1 is 1.47 bits per heavy atom. The summed E-state index contributed by atoms with van der Waals surface area (Å²) < 4.78 is 5.73. The van der Waals surface area contributed by atoms with E-state index < -0.39 is 0 Å². The Bertz CT molecular complexity index is 338. The van der Waals surface area contributed by atoms with Gasteiger partial charge in [-0.05, 0) is 27.2 Å². The van der Waals surface area contributed by atoms with Gasteiger partial charge >= 0.3 is 0 Å². The maximum atomic E-state index is 5.73. The molecule has 1 aromatic rings. The molecule has 0 bridgehead atoms. The van der Waals surface area contributed by atoms with Gasteiger partial charge in [0.15, 0.2) is 0 Å². The van der Waals surface area contributed by atoms with Crippen molar-refractivity contribution in [1.82, 2.24) is 9.97 Å². The molecule has 0 unspecified atom stereocenters. The highest BCUT2D eigenvalue weighted by Gasteiger charge is 2.18. The normalized spacial score (nSPS) is 11.3. The van der Waals surface area contributed by atoms with Crippen LogP contribution < -0.4 is 16.0 Å². The first kappa shape index (κ1) is 11.7. The maximum Gasteiger partial charge on any atom is 0.240 e. The predicted octanol–water partition coefficient (Wildman–Crippen LogP) is 1.64. The first-order chi connectivity index (χ1) is 6.96.